The van der Waals surface area contributed by atoms with Gasteiger partial charge in [0.15, 0.2) is 0 Å². The molecule has 1 aromatic heterocycles. The highest BCUT2D eigenvalue weighted by Gasteiger charge is 2.10. The topological polar surface area (TPSA) is 61.0 Å². The van der Waals surface area contributed by atoms with Gasteiger partial charge >= 0.3 is 0 Å². The zero-order chi connectivity index (χ0) is 13.8. The summed E-state index contributed by atoms with van der Waals surface area (Å²) in [6.45, 7) is 5.61. The fraction of sp³-hybridized carbons (Fsp3) is 0.200. The monoisotopic (exact) mass is 255 g/mol. The van der Waals surface area contributed by atoms with Crippen molar-refractivity contribution in [2.24, 2.45) is 0 Å². The minimum atomic E-state index is 0.450. The maximum absolute atomic E-state index is 5.87. The van der Waals surface area contributed by atoms with Gasteiger partial charge in [-0.25, -0.2) is 4.98 Å². The first-order valence-corrected chi connectivity index (χ1v) is 6.12. The van der Waals surface area contributed by atoms with Crippen molar-refractivity contribution >= 4 is 11.9 Å². The lowest BCUT2D eigenvalue weighted by Gasteiger charge is -2.11. The van der Waals surface area contributed by atoms with E-state index in [9.17, 15) is 0 Å². The SMILES string of the molecule is C/C=C/c1ccccc1Oc1nc(C)nc(N)c1C. The average molecular weight is 255 g/mol. The summed E-state index contributed by atoms with van der Waals surface area (Å²) in [5.74, 6) is 2.30. The predicted molar refractivity (Wildman–Crippen MR) is 77.1 cm³/mol. The van der Waals surface area contributed by atoms with Gasteiger partial charge in [-0.3, -0.25) is 0 Å². The summed E-state index contributed by atoms with van der Waals surface area (Å²) in [5.41, 5.74) is 7.58. The second kappa shape index (κ2) is 5.52. The Kier molecular flexibility index (Phi) is 3.80. The highest BCUT2D eigenvalue weighted by Crippen LogP contribution is 2.28. The number of nitrogens with zero attached hydrogens (tertiary/aromatic N) is 2. The van der Waals surface area contributed by atoms with Gasteiger partial charge in [0, 0.05) is 5.56 Å². The smallest absolute Gasteiger partial charge is 0.227 e. The van der Waals surface area contributed by atoms with Crippen LogP contribution in [-0.2, 0) is 0 Å². The van der Waals surface area contributed by atoms with Crippen molar-refractivity contribution in [1.29, 1.82) is 0 Å². The Morgan fingerprint density at radius 1 is 1.16 bits per heavy atom. The summed E-state index contributed by atoms with van der Waals surface area (Å²) >= 11 is 0. The number of nitrogen functional groups attached to an aromatic ring is 1. The highest BCUT2D eigenvalue weighted by molar-refractivity contribution is 5.58. The molecular weight excluding hydrogens is 238 g/mol. The molecule has 2 aromatic rings. The van der Waals surface area contributed by atoms with E-state index in [2.05, 4.69) is 9.97 Å². The molecule has 1 heterocycles. The molecule has 2 N–H and O–H groups in total. The summed E-state index contributed by atoms with van der Waals surface area (Å²) in [5, 5.41) is 0. The predicted octanol–water partition coefficient (Wildman–Crippen LogP) is 3.50. The van der Waals surface area contributed by atoms with Crippen LogP contribution in [0.25, 0.3) is 6.08 Å². The van der Waals surface area contributed by atoms with Crippen LogP contribution in [0.1, 0.15) is 23.9 Å². The van der Waals surface area contributed by atoms with E-state index >= 15 is 0 Å². The molecule has 4 nitrogen and oxygen atoms in total. The molecule has 0 radical (unpaired) electrons. The van der Waals surface area contributed by atoms with E-state index in [0.717, 1.165) is 16.9 Å². The van der Waals surface area contributed by atoms with E-state index in [0.29, 0.717) is 17.5 Å². The van der Waals surface area contributed by atoms with Gasteiger partial charge in [0.05, 0.1) is 5.56 Å². The Morgan fingerprint density at radius 3 is 2.63 bits per heavy atom. The normalized spacial score (nSPS) is 10.9. The average Bonchev–Trinajstić information content (AvgIpc) is 2.38. The minimum absolute atomic E-state index is 0.450. The van der Waals surface area contributed by atoms with E-state index < -0.39 is 0 Å². The second-order valence-corrected chi connectivity index (χ2v) is 4.23. The van der Waals surface area contributed by atoms with E-state index in [1.807, 2.05) is 50.3 Å². The summed E-state index contributed by atoms with van der Waals surface area (Å²) in [7, 11) is 0. The third-order valence-electron chi connectivity index (χ3n) is 2.72. The number of rotatable bonds is 3. The summed E-state index contributed by atoms with van der Waals surface area (Å²) in [4.78, 5) is 8.40. The Hall–Kier alpha value is -2.36. The highest BCUT2D eigenvalue weighted by atomic mass is 16.5. The summed E-state index contributed by atoms with van der Waals surface area (Å²) in [6, 6.07) is 7.79. The molecule has 19 heavy (non-hydrogen) atoms. The molecule has 0 atom stereocenters. The Morgan fingerprint density at radius 2 is 1.89 bits per heavy atom. The van der Waals surface area contributed by atoms with E-state index in [1.165, 1.54) is 0 Å². The number of allylic oxidation sites excluding steroid dienone is 1. The molecule has 0 saturated heterocycles. The van der Waals surface area contributed by atoms with Crippen LogP contribution in [0.2, 0.25) is 0 Å². The number of aromatic nitrogens is 2. The van der Waals surface area contributed by atoms with Crippen LogP contribution < -0.4 is 10.5 Å². The summed E-state index contributed by atoms with van der Waals surface area (Å²) < 4.78 is 5.87. The molecular formula is C15H17N3O. The minimum Gasteiger partial charge on any atom is -0.438 e. The molecule has 0 spiro atoms. The lowest BCUT2D eigenvalue weighted by Crippen LogP contribution is -2.02. The van der Waals surface area contributed by atoms with E-state index in [-0.39, 0.29) is 0 Å². The van der Waals surface area contributed by atoms with Crippen molar-refractivity contribution in [3.63, 3.8) is 0 Å². The second-order valence-electron chi connectivity index (χ2n) is 4.23. The van der Waals surface area contributed by atoms with Crippen LogP contribution in [-0.4, -0.2) is 9.97 Å². The van der Waals surface area contributed by atoms with Crippen LogP contribution in [0.15, 0.2) is 30.3 Å². The number of anilines is 1. The van der Waals surface area contributed by atoms with Crippen LogP contribution in [0.5, 0.6) is 11.6 Å². The number of aryl methyl sites for hydroxylation is 1. The lowest BCUT2D eigenvalue weighted by atomic mass is 10.2. The number of ether oxygens (including phenoxy) is 1. The van der Waals surface area contributed by atoms with Crippen LogP contribution in [0.4, 0.5) is 5.82 Å². The Bertz CT molecular complexity index is 621. The zero-order valence-electron chi connectivity index (χ0n) is 11.3. The molecule has 0 amide bonds. The van der Waals surface area contributed by atoms with Crippen LogP contribution >= 0.6 is 0 Å². The molecule has 0 aliphatic rings. The number of benzene rings is 1. The van der Waals surface area contributed by atoms with Crippen molar-refractivity contribution in [2.45, 2.75) is 20.8 Å². The molecule has 0 aliphatic heterocycles. The third-order valence-corrected chi connectivity index (χ3v) is 2.72. The fourth-order valence-electron chi connectivity index (χ4n) is 1.72. The number of hydrogen-bond donors (Lipinski definition) is 1. The van der Waals surface area contributed by atoms with Crippen molar-refractivity contribution in [1.82, 2.24) is 9.97 Å². The molecule has 0 saturated carbocycles. The van der Waals surface area contributed by atoms with Crippen molar-refractivity contribution in [3.8, 4) is 11.6 Å². The maximum atomic E-state index is 5.87. The molecule has 0 bridgehead atoms. The van der Waals surface area contributed by atoms with Crippen LogP contribution in [0, 0.1) is 13.8 Å². The van der Waals surface area contributed by atoms with Gasteiger partial charge in [-0.2, -0.15) is 4.98 Å². The third kappa shape index (κ3) is 2.91. The van der Waals surface area contributed by atoms with Gasteiger partial charge in [0.1, 0.15) is 17.4 Å². The van der Waals surface area contributed by atoms with Gasteiger partial charge in [0.25, 0.3) is 0 Å². The molecule has 0 fully saturated rings. The summed E-state index contributed by atoms with van der Waals surface area (Å²) in [6.07, 6.45) is 3.96. The molecule has 0 aliphatic carbocycles. The fourth-order valence-corrected chi connectivity index (χ4v) is 1.72. The Balaban J connectivity index is 2.42. The lowest BCUT2D eigenvalue weighted by molar-refractivity contribution is 0.455. The van der Waals surface area contributed by atoms with Gasteiger partial charge in [-0.15, -0.1) is 0 Å². The van der Waals surface area contributed by atoms with Gasteiger partial charge in [-0.05, 0) is 26.8 Å². The van der Waals surface area contributed by atoms with Gasteiger partial charge in [0.2, 0.25) is 5.88 Å². The molecule has 1 aromatic carbocycles. The quantitative estimate of drug-likeness (QED) is 0.911. The molecule has 0 unspecified atom stereocenters. The molecule has 4 heteroatoms. The first-order valence-electron chi connectivity index (χ1n) is 6.12. The first-order chi connectivity index (χ1) is 9.11. The number of para-hydroxylation sites is 1. The van der Waals surface area contributed by atoms with Crippen molar-refractivity contribution in [2.75, 3.05) is 5.73 Å². The number of hydrogen-bond acceptors (Lipinski definition) is 4. The molecule has 2 rings (SSSR count). The number of nitrogens with two attached hydrogens (primary N) is 1. The molecule has 98 valence electrons. The van der Waals surface area contributed by atoms with E-state index in [1.54, 1.807) is 6.92 Å². The van der Waals surface area contributed by atoms with Crippen molar-refractivity contribution in [3.05, 3.63) is 47.3 Å². The van der Waals surface area contributed by atoms with Crippen LogP contribution in [0.3, 0.4) is 0 Å². The van der Waals surface area contributed by atoms with Crippen molar-refractivity contribution < 1.29 is 4.74 Å². The van der Waals surface area contributed by atoms with Gasteiger partial charge in [-0.1, -0.05) is 30.4 Å². The standard InChI is InChI=1S/C15H17N3O/c1-4-7-12-8-5-6-9-13(12)19-15-10(2)14(16)17-11(3)18-15/h4-9H,1-3H3,(H2,16,17,18)/b7-4+. The Labute approximate surface area is 113 Å². The zero-order valence-corrected chi connectivity index (χ0v) is 11.3. The first kappa shape index (κ1) is 13.1. The maximum Gasteiger partial charge on any atom is 0.227 e. The van der Waals surface area contributed by atoms with Gasteiger partial charge < -0.3 is 10.5 Å². The van der Waals surface area contributed by atoms with E-state index in [4.69, 9.17) is 10.5 Å². The largest absolute Gasteiger partial charge is 0.438 e.